The van der Waals surface area contributed by atoms with Crippen LogP contribution >= 0.6 is 0 Å². The molecule has 0 saturated carbocycles. The summed E-state index contributed by atoms with van der Waals surface area (Å²) < 4.78 is 158. The minimum atomic E-state index is -6.32. The second-order valence-corrected chi connectivity index (χ2v) is 5.41. The summed E-state index contributed by atoms with van der Waals surface area (Å²) in [7, 11) is 0. The molecule has 27 heavy (non-hydrogen) atoms. The van der Waals surface area contributed by atoms with Crippen LogP contribution in [0, 0.1) is 0 Å². The monoisotopic (exact) mass is 414 g/mol. The first kappa shape index (κ1) is 21.2. The zero-order valence-electron chi connectivity index (χ0n) is 12.5. The highest BCUT2D eigenvalue weighted by Crippen LogP contribution is 2.61. The number of hydrogen-bond donors (Lipinski definition) is 0. The van der Waals surface area contributed by atoms with Crippen molar-refractivity contribution >= 4 is 0 Å². The Morgan fingerprint density at radius 1 is 0.481 bits per heavy atom. The van der Waals surface area contributed by atoms with E-state index in [1.54, 1.807) is 0 Å². The van der Waals surface area contributed by atoms with E-state index in [1.807, 2.05) is 0 Å². The van der Waals surface area contributed by atoms with E-state index in [4.69, 9.17) is 0 Å². The molecule has 0 aliphatic heterocycles. The van der Waals surface area contributed by atoms with E-state index in [0.29, 0.717) is 12.1 Å². The summed E-state index contributed by atoms with van der Waals surface area (Å²) in [6, 6.07) is 4.11. The molecule has 150 valence electrons. The van der Waals surface area contributed by atoms with Crippen molar-refractivity contribution in [2.75, 3.05) is 0 Å². The first-order valence-electron chi connectivity index (χ1n) is 6.79. The van der Waals surface area contributed by atoms with Gasteiger partial charge in [-0.1, -0.05) is 30.3 Å². The summed E-state index contributed by atoms with van der Waals surface area (Å²) in [4.78, 5) is 0. The van der Waals surface area contributed by atoms with Gasteiger partial charge >= 0.3 is 24.7 Å². The Labute approximate surface area is 142 Å². The molecule has 0 fully saturated rings. The van der Waals surface area contributed by atoms with Gasteiger partial charge in [-0.05, 0) is 5.56 Å². The van der Waals surface area contributed by atoms with Crippen molar-refractivity contribution in [3.63, 3.8) is 0 Å². The van der Waals surface area contributed by atoms with Crippen LogP contribution in [0.1, 0.15) is 11.5 Å². The Balaban J connectivity index is 3.05. The van der Waals surface area contributed by atoms with E-state index in [-0.39, 0.29) is 0 Å². The quantitative estimate of drug-likeness (QED) is 0.453. The molecule has 0 N–H and O–H groups in total. The van der Waals surface area contributed by atoms with Crippen LogP contribution in [0.3, 0.4) is 0 Å². The van der Waals surface area contributed by atoms with E-state index < -0.39 is 58.5 Å². The maximum atomic E-state index is 13.3. The molecule has 0 bridgehead atoms. The summed E-state index contributed by atoms with van der Waals surface area (Å²) in [5, 5.41) is 0. The van der Waals surface area contributed by atoms with Crippen molar-refractivity contribution in [1.29, 1.82) is 0 Å². The zero-order chi connectivity index (χ0) is 21.0. The highest BCUT2D eigenvalue weighted by Gasteiger charge is 2.64. The maximum Gasteiger partial charge on any atom is 0.417 e. The first-order valence-corrected chi connectivity index (χ1v) is 6.79. The second kappa shape index (κ2) is 6.20. The lowest BCUT2D eigenvalue weighted by Crippen LogP contribution is -2.27. The lowest BCUT2D eigenvalue weighted by atomic mass is 9.86. The number of hydrogen-bond acceptors (Lipinski definition) is 0. The molecule has 0 aromatic heterocycles. The van der Waals surface area contributed by atoms with E-state index >= 15 is 0 Å². The smallest absolute Gasteiger partial charge is 0.166 e. The Hall–Kier alpha value is -2.14. The highest BCUT2D eigenvalue weighted by molar-refractivity contribution is 5.62. The minimum Gasteiger partial charge on any atom is -0.166 e. The molecule has 1 aliphatic carbocycles. The van der Waals surface area contributed by atoms with Crippen molar-refractivity contribution in [3.05, 3.63) is 58.2 Å². The average Bonchev–Trinajstić information content (AvgIpc) is 2.84. The van der Waals surface area contributed by atoms with Gasteiger partial charge in [-0.3, -0.25) is 0 Å². The summed E-state index contributed by atoms with van der Waals surface area (Å²) in [6.07, 6.45) is -24.9. The largest absolute Gasteiger partial charge is 0.417 e. The summed E-state index contributed by atoms with van der Waals surface area (Å²) in [6.45, 7) is 0. The standard InChI is InChI=1S/C15H6F12/c16-12(17,18)8-7(6-4-2-1-3-5-6)9(13(19,20)21)11(15(25,26)27)10(8)14(22,23)24/h1-5,7H. The Bertz CT molecular complexity index is 720. The van der Waals surface area contributed by atoms with Crippen molar-refractivity contribution in [1.82, 2.24) is 0 Å². The molecule has 0 radical (unpaired) electrons. The molecule has 0 atom stereocenters. The molecule has 12 heteroatoms. The van der Waals surface area contributed by atoms with Gasteiger partial charge in [0, 0.05) is 5.92 Å². The minimum absolute atomic E-state index is 0.593. The Kier molecular flexibility index (Phi) is 4.86. The van der Waals surface area contributed by atoms with Gasteiger partial charge in [0.05, 0.1) is 22.3 Å². The van der Waals surface area contributed by atoms with Crippen LogP contribution in [0.5, 0.6) is 0 Å². The molecule has 1 aliphatic rings. The van der Waals surface area contributed by atoms with Gasteiger partial charge in [-0.2, -0.15) is 52.7 Å². The van der Waals surface area contributed by atoms with Crippen LogP contribution in [-0.4, -0.2) is 24.7 Å². The van der Waals surface area contributed by atoms with Crippen molar-refractivity contribution in [2.24, 2.45) is 0 Å². The van der Waals surface area contributed by atoms with Gasteiger partial charge in [0.25, 0.3) is 0 Å². The van der Waals surface area contributed by atoms with Crippen molar-refractivity contribution in [2.45, 2.75) is 30.6 Å². The Morgan fingerprint density at radius 3 is 1.07 bits per heavy atom. The van der Waals surface area contributed by atoms with Crippen molar-refractivity contribution in [3.8, 4) is 0 Å². The number of alkyl halides is 12. The fourth-order valence-corrected chi connectivity index (χ4v) is 2.88. The van der Waals surface area contributed by atoms with Crippen LogP contribution in [0.2, 0.25) is 0 Å². The van der Waals surface area contributed by atoms with Gasteiger partial charge in [0.15, 0.2) is 0 Å². The molecular formula is C15H6F12. The summed E-state index contributed by atoms with van der Waals surface area (Å²) in [5.41, 5.74) is -13.6. The van der Waals surface area contributed by atoms with Crippen LogP contribution in [0.4, 0.5) is 52.7 Å². The molecule has 0 heterocycles. The van der Waals surface area contributed by atoms with Crippen molar-refractivity contribution < 1.29 is 52.7 Å². The Morgan fingerprint density at radius 2 is 0.815 bits per heavy atom. The van der Waals surface area contributed by atoms with Gasteiger partial charge < -0.3 is 0 Å². The van der Waals surface area contributed by atoms with E-state index in [2.05, 4.69) is 0 Å². The molecule has 0 nitrogen and oxygen atoms in total. The molecule has 0 unspecified atom stereocenters. The first-order chi connectivity index (χ1) is 12.0. The average molecular weight is 414 g/mol. The zero-order valence-corrected chi connectivity index (χ0v) is 12.5. The normalized spacial score (nSPS) is 17.9. The van der Waals surface area contributed by atoms with Gasteiger partial charge in [0.1, 0.15) is 0 Å². The van der Waals surface area contributed by atoms with Gasteiger partial charge in [0.2, 0.25) is 0 Å². The van der Waals surface area contributed by atoms with E-state index in [1.165, 1.54) is 0 Å². The molecule has 2 rings (SSSR count). The van der Waals surface area contributed by atoms with Crippen LogP contribution in [0.15, 0.2) is 52.6 Å². The molecule has 1 aromatic rings. The topological polar surface area (TPSA) is 0 Å². The van der Waals surface area contributed by atoms with Gasteiger partial charge in [-0.15, -0.1) is 0 Å². The SMILES string of the molecule is FC(F)(F)C1=C(C(F)(F)F)C(c2ccccc2)C(C(F)(F)F)=C1C(F)(F)F. The fourth-order valence-electron chi connectivity index (χ4n) is 2.88. The lowest BCUT2D eigenvalue weighted by Gasteiger charge is -2.23. The number of rotatable bonds is 1. The highest BCUT2D eigenvalue weighted by atomic mass is 19.4. The lowest BCUT2D eigenvalue weighted by molar-refractivity contribution is -0.130. The molecule has 0 amide bonds. The molecule has 0 spiro atoms. The predicted molar refractivity (Wildman–Crippen MR) is 67.5 cm³/mol. The second-order valence-electron chi connectivity index (χ2n) is 5.41. The maximum absolute atomic E-state index is 13.3. The van der Waals surface area contributed by atoms with Gasteiger partial charge in [-0.25, -0.2) is 0 Å². The molecule has 1 aromatic carbocycles. The third-order valence-corrected chi connectivity index (χ3v) is 3.68. The summed E-state index contributed by atoms with van der Waals surface area (Å²) in [5.74, 6) is -3.32. The third-order valence-electron chi connectivity index (χ3n) is 3.68. The molecule has 0 saturated heterocycles. The van der Waals surface area contributed by atoms with E-state index in [9.17, 15) is 52.7 Å². The predicted octanol–water partition coefficient (Wildman–Crippen LogP) is 6.63. The number of halogens is 12. The number of allylic oxidation sites excluding steroid dienone is 4. The number of benzene rings is 1. The molecular weight excluding hydrogens is 408 g/mol. The van der Waals surface area contributed by atoms with Crippen LogP contribution in [-0.2, 0) is 0 Å². The summed E-state index contributed by atoms with van der Waals surface area (Å²) >= 11 is 0. The van der Waals surface area contributed by atoms with E-state index in [0.717, 1.165) is 18.2 Å². The van der Waals surface area contributed by atoms with Crippen LogP contribution in [0.25, 0.3) is 0 Å². The fraction of sp³-hybridized carbons (Fsp3) is 0.333. The van der Waals surface area contributed by atoms with Crippen LogP contribution < -0.4 is 0 Å². The third kappa shape index (κ3) is 3.93.